The Hall–Kier alpha value is -0.180. The van der Waals surface area contributed by atoms with Gasteiger partial charge in [-0.15, -0.1) is 0 Å². The first kappa shape index (κ1) is 10.8. The molecule has 0 aromatic heterocycles. The van der Waals surface area contributed by atoms with Gasteiger partial charge >= 0.3 is 0 Å². The molecule has 0 rings (SSSR count). The monoisotopic (exact) mass is 165 g/mol. The Kier molecular flexibility index (Phi) is 4.57. The van der Waals surface area contributed by atoms with Crippen LogP contribution in [0.25, 0.3) is 0 Å². The van der Waals surface area contributed by atoms with E-state index < -0.39 is 12.5 Å². The van der Waals surface area contributed by atoms with Crippen LogP contribution in [0.3, 0.4) is 0 Å². The lowest BCUT2D eigenvalue weighted by atomic mass is 10.0. The van der Waals surface area contributed by atoms with Crippen LogP contribution in [0.4, 0.5) is 8.78 Å². The molecule has 0 aliphatic carbocycles. The lowest BCUT2D eigenvalue weighted by Crippen LogP contribution is -2.35. The molecule has 0 heterocycles. The topological polar surface area (TPSA) is 3.24 Å². The fourth-order valence-corrected chi connectivity index (χ4v) is 1.02. The maximum absolute atomic E-state index is 12.3. The molecule has 3 heteroatoms. The molecule has 0 aliphatic heterocycles. The van der Waals surface area contributed by atoms with Crippen molar-refractivity contribution in [2.24, 2.45) is 5.92 Å². The van der Waals surface area contributed by atoms with Gasteiger partial charge in [-0.25, -0.2) is 8.78 Å². The summed E-state index contributed by atoms with van der Waals surface area (Å²) in [6.07, 6.45) is -1.67. The van der Waals surface area contributed by atoms with Gasteiger partial charge < -0.3 is 4.90 Å². The van der Waals surface area contributed by atoms with Gasteiger partial charge in [0.05, 0.1) is 6.04 Å². The quantitative estimate of drug-likeness (QED) is 0.617. The van der Waals surface area contributed by atoms with Crippen molar-refractivity contribution in [1.29, 1.82) is 0 Å². The van der Waals surface area contributed by atoms with Crippen LogP contribution in [-0.2, 0) is 0 Å². The molecule has 0 saturated carbocycles. The zero-order valence-electron chi connectivity index (χ0n) is 7.64. The van der Waals surface area contributed by atoms with Crippen molar-refractivity contribution in [3.05, 3.63) is 0 Å². The van der Waals surface area contributed by atoms with Gasteiger partial charge in [-0.05, 0) is 26.4 Å². The molecule has 0 saturated heterocycles. The van der Waals surface area contributed by atoms with Crippen LogP contribution in [-0.4, -0.2) is 31.5 Å². The van der Waals surface area contributed by atoms with E-state index in [1.807, 2.05) is 13.8 Å². The summed E-state index contributed by atoms with van der Waals surface area (Å²) in [5.41, 5.74) is 0. The molecular weight excluding hydrogens is 148 g/mol. The number of rotatable bonds is 4. The molecule has 0 fully saturated rings. The fraction of sp³-hybridized carbons (Fsp3) is 1.00. The predicted molar refractivity (Wildman–Crippen MR) is 42.9 cm³/mol. The molecule has 0 N–H and O–H groups in total. The first-order valence-corrected chi connectivity index (χ1v) is 3.89. The molecule has 0 spiro atoms. The third-order valence-corrected chi connectivity index (χ3v) is 1.67. The van der Waals surface area contributed by atoms with E-state index in [1.165, 1.54) is 0 Å². The first-order chi connectivity index (χ1) is 4.95. The summed E-state index contributed by atoms with van der Waals surface area (Å²) in [7, 11) is 3.39. The second-order valence-electron chi connectivity index (χ2n) is 3.49. The highest BCUT2D eigenvalue weighted by Crippen LogP contribution is 2.15. The van der Waals surface area contributed by atoms with Crippen LogP contribution >= 0.6 is 0 Å². The van der Waals surface area contributed by atoms with Gasteiger partial charge in [0.25, 0.3) is 6.43 Å². The minimum absolute atomic E-state index is 0.330. The number of hydrogen-bond acceptors (Lipinski definition) is 1. The zero-order chi connectivity index (χ0) is 9.02. The van der Waals surface area contributed by atoms with E-state index in [4.69, 9.17) is 0 Å². The largest absolute Gasteiger partial charge is 0.301 e. The van der Waals surface area contributed by atoms with Crippen LogP contribution in [0.5, 0.6) is 0 Å². The smallest absolute Gasteiger partial charge is 0.253 e. The van der Waals surface area contributed by atoms with Gasteiger partial charge in [-0.2, -0.15) is 0 Å². The van der Waals surface area contributed by atoms with Gasteiger partial charge in [0.15, 0.2) is 0 Å². The van der Waals surface area contributed by atoms with Gasteiger partial charge in [-0.3, -0.25) is 0 Å². The summed E-state index contributed by atoms with van der Waals surface area (Å²) < 4.78 is 24.5. The molecule has 1 atom stereocenters. The van der Waals surface area contributed by atoms with Crippen molar-refractivity contribution in [3.8, 4) is 0 Å². The number of alkyl halides is 2. The van der Waals surface area contributed by atoms with Crippen molar-refractivity contribution in [3.63, 3.8) is 0 Å². The fourth-order valence-electron chi connectivity index (χ4n) is 1.02. The van der Waals surface area contributed by atoms with Gasteiger partial charge in [0.2, 0.25) is 0 Å². The standard InChI is InChI=1S/C8H17F2N/c1-6(2)5-7(8(9)10)11(3)4/h6-8H,5H2,1-4H3. The Bertz CT molecular complexity index is 94.3. The molecule has 0 aromatic rings. The lowest BCUT2D eigenvalue weighted by molar-refractivity contribution is 0.0383. The van der Waals surface area contributed by atoms with E-state index in [0.29, 0.717) is 12.3 Å². The average molecular weight is 165 g/mol. The first-order valence-electron chi connectivity index (χ1n) is 3.89. The lowest BCUT2D eigenvalue weighted by Gasteiger charge is -2.24. The Morgan fingerprint density at radius 1 is 1.18 bits per heavy atom. The van der Waals surface area contributed by atoms with E-state index in [0.717, 1.165) is 0 Å². The van der Waals surface area contributed by atoms with Crippen LogP contribution in [0.1, 0.15) is 20.3 Å². The summed E-state index contributed by atoms with van der Waals surface area (Å²) in [5.74, 6) is 0.330. The summed E-state index contributed by atoms with van der Waals surface area (Å²) in [5, 5.41) is 0. The zero-order valence-corrected chi connectivity index (χ0v) is 7.64. The van der Waals surface area contributed by atoms with Crippen molar-refractivity contribution < 1.29 is 8.78 Å². The molecule has 0 bridgehead atoms. The van der Waals surface area contributed by atoms with Crippen LogP contribution in [0, 0.1) is 5.92 Å². The summed E-state index contributed by atoms with van der Waals surface area (Å²) in [4.78, 5) is 1.59. The highest BCUT2D eigenvalue weighted by atomic mass is 19.3. The van der Waals surface area contributed by atoms with Crippen molar-refractivity contribution in [1.82, 2.24) is 4.90 Å². The van der Waals surface area contributed by atoms with Crippen LogP contribution < -0.4 is 0 Å². The molecule has 0 aliphatic rings. The normalized spacial score (nSPS) is 15.0. The summed E-state index contributed by atoms with van der Waals surface area (Å²) in [6.45, 7) is 3.91. The summed E-state index contributed by atoms with van der Waals surface area (Å²) >= 11 is 0. The second kappa shape index (κ2) is 4.65. The Morgan fingerprint density at radius 2 is 1.64 bits per heavy atom. The Morgan fingerprint density at radius 3 is 1.73 bits per heavy atom. The molecular formula is C8H17F2N. The molecule has 68 valence electrons. The SMILES string of the molecule is CC(C)CC(C(F)F)N(C)C. The molecule has 0 radical (unpaired) electrons. The van der Waals surface area contributed by atoms with Crippen molar-refractivity contribution in [2.75, 3.05) is 14.1 Å². The maximum atomic E-state index is 12.3. The minimum Gasteiger partial charge on any atom is -0.301 e. The van der Waals surface area contributed by atoms with E-state index in [2.05, 4.69) is 0 Å². The van der Waals surface area contributed by atoms with Gasteiger partial charge in [-0.1, -0.05) is 13.8 Å². The van der Waals surface area contributed by atoms with Gasteiger partial charge in [0, 0.05) is 0 Å². The summed E-state index contributed by atoms with van der Waals surface area (Å²) in [6, 6.07) is -0.588. The molecule has 0 aromatic carbocycles. The van der Waals surface area contributed by atoms with E-state index in [1.54, 1.807) is 19.0 Å². The van der Waals surface area contributed by atoms with Gasteiger partial charge in [0.1, 0.15) is 0 Å². The van der Waals surface area contributed by atoms with Crippen LogP contribution in [0.15, 0.2) is 0 Å². The molecule has 1 unspecified atom stereocenters. The third kappa shape index (κ3) is 4.30. The van der Waals surface area contributed by atoms with Crippen LogP contribution in [0.2, 0.25) is 0 Å². The Balaban J connectivity index is 3.90. The maximum Gasteiger partial charge on any atom is 0.253 e. The van der Waals surface area contributed by atoms with Crippen molar-refractivity contribution in [2.45, 2.75) is 32.7 Å². The van der Waals surface area contributed by atoms with E-state index in [-0.39, 0.29) is 0 Å². The highest BCUT2D eigenvalue weighted by molar-refractivity contribution is 4.69. The Labute approximate surface area is 67.4 Å². The number of halogens is 2. The average Bonchev–Trinajstić information content (AvgIpc) is 1.81. The molecule has 1 nitrogen and oxygen atoms in total. The number of hydrogen-bond donors (Lipinski definition) is 0. The molecule has 0 amide bonds. The van der Waals surface area contributed by atoms with E-state index in [9.17, 15) is 8.78 Å². The minimum atomic E-state index is -2.23. The second-order valence-corrected chi connectivity index (χ2v) is 3.49. The van der Waals surface area contributed by atoms with E-state index >= 15 is 0 Å². The third-order valence-electron chi connectivity index (χ3n) is 1.67. The highest BCUT2D eigenvalue weighted by Gasteiger charge is 2.22. The number of nitrogens with zero attached hydrogens (tertiary/aromatic N) is 1. The predicted octanol–water partition coefficient (Wildman–Crippen LogP) is 2.23. The molecule has 11 heavy (non-hydrogen) atoms. The van der Waals surface area contributed by atoms with Crippen molar-refractivity contribution >= 4 is 0 Å².